The van der Waals surface area contributed by atoms with E-state index in [1.165, 1.54) is 0 Å². The highest BCUT2D eigenvalue weighted by Gasteiger charge is 2.64. The lowest BCUT2D eigenvalue weighted by Crippen LogP contribution is -2.62. The highest BCUT2D eigenvalue weighted by molar-refractivity contribution is 7.80. The number of ether oxygens (including phenoxy) is 1. The molecule has 0 spiro atoms. The van der Waals surface area contributed by atoms with E-state index in [1.807, 2.05) is 0 Å². The number of oxazole rings is 1. The van der Waals surface area contributed by atoms with Gasteiger partial charge in [0.05, 0.1) is 12.2 Å². The Morgan fingerprint density at radius 1 is 0.938 bits per heavy atom. The molecule has 1 aliphatic heterocycles. The molecule has 0 radical (unpaired) electrons. The van der Waals surface area contributed by atoms with Crippen LogP contribution in [0.5, 0.6) is 0 Å². The number of rotatable bonds is 2. The SMILES string of the molecule is CC1(C)OCC(=S)NC(C)(c2cc(-c3nc4cc(F)c(F)cc4o3)c(F)cc2F)C1(F)F. The molecule has 0 bridgehead atoms. The number of nitrogens with one attached hydrogen (secondary N) is 1. The molecule has 2 aromatic carbocycles. The number of halogens is 6. The van der Waals surface area contributed by atoms with E-state index in [1.54, 1.807) is 0 Å². The van der Waals surface area contributed by atoms with Crippen LogP contribution >= 0.6 is 12.2 Å². The summed E-state index contributed by atoms with van der Waals surface area (Å²) in [6, 6.07) is 2.67. The minimum absolute atomic E-state index is 0.101. The Hall–Kier alpha value is -2.66. The largest absolute Gasteiger partial charge is 0.436 e. The number of fused-ring (bicyclic) bond motifs is 1. The van der Waals surface area contributed by atoms with Crippen molar-refractivity contribution in [3.63, 3.8) is 0 Å². The maximum atomic E-state index is 15.6. The van der Waals surface area contributed by atoms with E-state index in [9.17, 15) is 17.6 Å². The zero-order chi connectivity index (χ0) is 23.6. The van der Waals surface area contributed by atoms with Gasteiger partial charge in [-0.1, -0.05) is 12.2 Å². The van der Waals surface area contributed by atoms with Gasteiger partial charge in [0.1, 0.15) is 33.3 Å². The molecule has 1 saturated heterocycles. The fourth-order valence-corrected chi connectivity index (χ4v) is 3.97. The summed E-state index contributed by atoms with van der Waals surface area (Å²) >= 11 is 5.04. The lowest BCUT2D eigenvalue weighted by molar-refractivity contribution is -0.216. The van der Waals surface area contributed by atoms with Crippen LogP contribution < -0.4 is 5.32 Å². The number of aromatic nitrogens is 1. The Labute approximate surface area is 183 Å². The third kappa shape index (κ3) is 3.25. The first kappa shape index (κ1) is 22.5. The summed E-state index contributed by atoms with van der Waals surface area (Å²) in [6.45, 7) is 2.96. The van der Waals surface area contributed by atoms with Gasteiger partial charge in [-0.05, 0) is 26.8 Å². The van der Waals surface area contributed by atoms with E-state index in [-0.39, 0.29) is 22.7 Å². The molecule has 32 heavy (non-hydrogen) atoms. The van der Waals surface area contributed by atoms with Crippen molar-refractivity contribution >= 4 is 28.3 Å². The van der Waals surface area contributed by atoms with Crippen LogP contribution in [0.25, 0.3) is 22.6 Å². The average Bonchev–Trinajstić information content (AvgIpc) is 3.06. The highest BCUT2D eigenvalue weighted by Crippen LogP contribution is 2.49. The molecule has 1 fully saturated rings. The second-order valence-corrected chi connectivity index (χ2v) is 8.60. The van der Waals surface area contributed by atoms with Crippen LogP contribution in [0.1, 0.15) is 26.3 Å². The molecule has 4 rings (SSSR count). The molecular weight excluding hydrogens is 458 g/mol. The normalized spacial score (nSPS) is 22.6. The molecule has 1 unspecified atom stereocenters. The maximum absolute atomic E-state index is 15.6. The number of hydrogen-bond donors (Lipinski definition) is 1. The molecule has 2 heterocycles. The molecule has 1 aromatic heterocycles. The fraction of sp³-hybridized carbons (Fsp3) is 0.333. The molecule has 3 aromatic rings. The van der Waals surface area contributed by atoms with Crippen LogP contribution in [-0.2, 0) is 10.3 Å². The second-order valence-electron chi connectivity index (χ2n) is 8.11. The Kier molecular flexibility index (Phi) is 5.05. The average molecular weight is 474 g/mol. The van der Waals surface area contributed by atoms with Crippen molar-refractivity contribution in [2.75, 3.05) is 6.61 Å². The topological polar surface area (TPSA) is 47.3 Å². The Morgan fingerprint density at radius 3 is 2.28 bits per heavy atom. The first-order valence-corrected chi connectivity index (χ1v) is 9.76. The Balaban J connectivity index is 1.93. The van der Waals surface area contributed by atoms with Crippen molar-refractivity contribution < 1.29 is 35.5 Å². The van der Waals surface area contributed by atoms with Gasteiger partial charge in [-0.3, -0.25) is 0 Å². The monoisotopic (exact) mass is 474 g/mol. The Bertz CT molecular complexity index is 1220. The number of thiocarbonyl (C=S) groups is 1. The van der Waals surface area contributed by atoms with Crippen molar-refractivity contribution in [1.29, 1.82) is 0 Å². The lowest BCUT2D eigenvalue weighted by atomic mass is 9.77. The van der Waals surface area contributed by atoms with Gasteiger partial charge in [0.15, 0.2) is 17.2 Å². The molecule has 1 atom stereocenters. The van der Waals surface area contributed by atoms with Crippen LogP contribution in [0.4, 0.5) is 26.3 Å². The number of hydrogen-bond acceptors (Lipinski definition) is 4. The molecule has 0 saturated carbocycles. The van der Waals surface area contributed by atoms with Gasteiger partial charge in [-0.15, -0.1) is 0 Å². The molecule has 1 aliphatic rings. The summed E-state index contributed by atoms with van der Waals surface area (Å²) in [4.78, 5) is 3.79. The first-order valence-electron chi connectivity index (χ1n) is 9.35. The van der Waals surface area contributed by atoms with E-state index in [2.05, 4.69) is 10.3 Å². The van der Waals surface area contributed by atoms with Crippen molar-refractivity contribution in [3.8, 4) is 11.5 Å². The standard InChI is InChI=1S/C21H16F6N2O2S/c1-19(2)21(26,27)20(3,29-17(32)8-30-19)10-4-9(11(22)5-12(10)23)18-28-15-6-13(24)14(25)7-16(15)31-18/h4-7H,8H2,1-3H3,(H,29,32). The van der Waals surface area contributed by atoms with Crippen molar-refractivity contribution in [2.24, 2.45) is 0 Å². The van der Waals surface area contributed by atoms with Gasteiger partial charge in [0.2, 0.25) is 5.89 Å². The van der Waals surface area contributed by atoms with E-state index < -0.39 is 57.3 Å². The minimum Gasteiger partial charge on any atom is -0.436 e. The summed E-state index contributed by atoms with van der Waals surface area (Å²) in [5.41, 5.74) is -5.96. The van der Waals surface area contributed by atoms with Crippen LogP contribution in [0.2, 0.25) is 0 Å². The molecule has 0 amide bonds. The molecule has 170 valence electrons. The van der Waals surface area contributed by atoms with Crippen molar-refractivity contribution in [1.82, 2.24) is 10.3 Å². The summed E-state index contributed by atoms with van der Waals surface area (Å²) in [5.74, 6) is -9.06. The van der Waals surface area contributed by atoms with E-state index >= 15 is 8.78 Å². The molecule has 0 aliphatic carbocycles. The quantitative estimate of drug-likeness (QED) is 0.386. The lowest BCUT2D eigenvalue weighted by Gasteiger charge is -2.44. The molecule has 11 heteroatoms. The Morgan fingerprint density at radius 2 is 1.59 bits per heavy atom. The third-order valence-corrected chi connectivity index (χ3v) is 5.81. The first-order chi connectivity index (χ1) is 14.8. The summed E-state index contributed by atoms with van der Waals surface area (Å²) < 4.78 is 98.2. The van der Waals surface area contributed by atoms with Gasteiger partial charge in [0.25, 0.3) is 0 Å². The van der Waals surface area contributed by atoms with E-state index in [4.69, 9.17) is 21.4 Å². The van der Waals surface area contributed by atoms with Crippen LogP contribution in [-0.4, -0.2) is 28.1 Å². The van der Waals surface area contributed by atoms with Gasteiger partial charge < -0.3 is 14.5 Å². The van der Waals surface area contributed by atoms with Crippen LogP contribution in [0.15, 0.2) is 28.7 Å². The van der Waals surface area contributed by atoms with E-state index in [0.29, 0.717) is 12.1 Å². The van der Waals surface area contributed by atoms with E-state index in [0.717, 1.165) is 32.9 Å². The summed E-state index contributed by atoms with van der Waals surface area (Å²) in [5, 5.41) is 2.44. The van der Waals surface area contributed by atoms with Crippen LogP contribution in [0, 0.1) is 23.3 Å². The smallest absolute Gasteiger partial charge is 0.302 e. The number of alkyl halides is 2. The predicted octanol–water partition coefficient (Wildman–Crippen LogP) is 5.63. The van der Waals surface area contributed by atoms with Crippen LogP contribution in [0.3, 0.4) is 0 Å². The molecule has 4 nitrogen and oxygen atoms in total. The zero-order valence-electron chi connectivity index (χ0n) is 17.0. The molecular formula is C21H16F6N2O2S. The van der Waals surface area contributed by atoms with Crippen molar-refractivity contribution in [2.45, 2.75) is 37.8 Å². The van der Waals surface area contributed by atoms with Crippen molar-refractivity contribution in [3.05, 3.63) is 53.1 Å². The maximum Gasteiger partial charge on any atom is 0.302 e. The second kappa shape index (κ2) is 7.17. The fourth-order valence-electron chi connectivity index (χ4n) is 3.70. The number of benzene rings is 2. The van der Waals surface area contributed by atoms with Gasteiger partial charge >= 0.3 is 5.92 Å². The summed E-state index contributed by atoms with van der Waals surface area (Å²) in [6.07, 6.45) is 0. The number of nitrogens with zero attached hydrogens (tertiary/aromatic N) is 1. The van der Waals surface area contributed by atoms with Gasteiger partial charge in [-0.25, -0.2) is 31.3 Å². The minimum atomic E-state index is -3.73. The molecule has 1 N–H and O–H groups in total. The van der Waals surface area contributed by atoms with Gasteiger partial charge in [0, 0.05) is 23.8 Å². The zero-order valence-corrected chi connectivity index (χ0v) is 17.8. The highest BCUT2D eigenvalue weighted by atomic mass is 32.1. The van der Waals surface area contributed by atoms with Gasteiger partial charge in [-0.2, -0.15) is 0 Å². The third-order valence-electron chi connectivity index (χ3n) is 5.59. The summed E-state index contributed by atoms with van der Waals surface area (Å²) in [7, 11) is 0. The predicted molar refractivity (Wildman–Crippen MR) is 107 cm³/mol.